The van der Waals surface area contributed by atoms with Crippen molar-refractivity contribution in [3.05, 3.63) is 64.9 Å². The smallest absolute Gasteiger partial charge is 0.325 e. The minimum atomic E-state index is -1.26. The predicted octanol–water partition coefficient (Wildman–Crippen LogP) is 2.69. The number of hydrogen-bond donors (Lipinski definition) is 2. The Morgan fingerprint density at radius 3 is 2.56 bits per heavy atom. The third kappa shape index (κ3) is 3.89. The van der Waals surface area contributed by atoms with Crippen molar-refractivity contribution >= 4 is 23.5 Å². The van der Waals surface area contributed by atoms with E-state index in [0.29, 0.717) is 10.6 Å². The topological polar surface area (TPSA) is 78.9 Å². The second-order valence-corrected chi connectivity index (χ2v) is 6.81. The zero-order valence-electron chi connectivity index (χ0n) is 14.5. The standard InChI is InChI=1S/C19H18ClFN2O4/c1-19(12-6-8-13(20)9-7-12)17(25)23(18(26)22-19)10-14(24)11-27-16-5-3-2-4-15(16)21/h2-9,14,24H,10-11H2,1H3,(H,22,26)/t14-,19+/m1/s1. The van der Waals surface area contributed by atoms with Crippen LogP contribution < -0.4 is 10.1 Å². The molecule has 0 saturated carbocycles. The highest BCUT2D eigenvalue weighted by molar-refractivity contribution is 6.30. The highest BCUT2D eigenvalue weighted by Gasteiger charge is 2.49. The number of para-hydroxylation sites is 1. The molecule has 1 aliphatic heterocycles. The van der Waals surface area contributed by atoms with Crippen LogP contribution in [0.1, 0.15) is 12.5 Å². The summed E-state index contributed by atoms with van der Waals surface area (Å²) in [7, 11) is 0. The molecule has 0 bridgehead atoms. The second-order valence-electron chi connectivity index (χ2n) is 6.37. The SMILES string of the molecule is C[C@@]1(c2ccc(Cl)cc2)NC(=O)N(C[C@@H](O)COc2ccccc2F)C1=O. The molecule has 0 aliphatic carbocycles. The lowest BCUT2D eigenvalue weighted by atomic mass is 9.92. The predicted molar refractivity (Wildman–Crippen MR) is 97.0 cm³/mol. The summed E-state index contributed by atoms with van der Waals surface area (Å²) in [4.78, 5) is 26.0. The number of aliphatic hydroxyl groups is 1. The van der Waals surface area contributed by atoms with Gasteiger partial charge in [-0.15, -0.1) is 0 Å². The van der Waals surface area contributed by atoms with Crippen molar-refractivity contribution in [2.24, 2.45) is 0 Å². The maximum absolute atomic E-state index is 13.5. The Hall–Kier alpha value is -2.64. The summed E-state index contributed by atoms with van der Waals surface area (Å²) >= 11 is 5.87. The fraction of sp³-hybridized carbons (Fsp3) is 0.263. The first kappa shape index (κ1) is 19.1. The van der Waals surface area contributed by atoms with Crippen molar-refractivity contribution in [1.82, 2.24) is 10.2 Å². The van der Waals surface area contributed by atoms with Gasteiger partial charge in [-0.2, -0.15) is 0 Å². The van der Waals surface area contributed by atoms with Crippen molar-refractivity contribution < 1.29 is 23.8 Å². The molecule has 2 aromatic rings. The number of carbonyl (C=O) groups excluding carboxylic acids is 2. The molecule has 2 aromatic carbocycles. The van der Waals surface area contributed by atoms with Crippen molar-refractivity contribution in [2.45, 2.75) is 18.6 Å². The summed E-state index contributed by atoms with van der Waals surface area (Å²) in [6, 6.07) is 11.7. The van der Waals surface area contributed by atoms with Crippen molar-refractivity contribution in [2.75, 3.05) is 13.2 Å². The summed E-state index contributed by atoms with van der Waals surface area (Å²) in [5.74, 6) is -1.07. The maximum atomic E-state index is 13.5. The molecule has 1 heterocycles. The molecule has 2 N–H and O–H groups in total. The van der Waals surface area contributed by atoms with E-state index in [0.717, 1.165) is 4.90 Å². The first-order valence-corrected chi connectivity index (χ1v) is 8.64. The number of nitrogens with one attached hydrogen (secondary N) is 1. The Labute approximate surface area is 160 Å². The van der Waals surface area contributed by atoms with Crippen LogP contribution in [-0.4, -0.2) is 41.2 Å². The summed E-state index contributed by atoms with van der Waals surface area (Å²) < 4.78 is 18.8. The fourth-order valence-electron chi connectivity index (χ4n) is 2.85. The molecule has 2 atom stereocenters. The second kappa shape index (κ2) is 7.54. The van der Waals surface area contributed by atoms with Gasteiger partial charge in [-0.25, -0.2) is 9.18 Å². The summed E-state index contributed by atoms with van der Waals surface area (Å²) in [5.41, 5.74) is -0.682. The number of benzene rings is 2. The molecular weight excluding hydrogens is 375 g/mol. The van der Waals surface area contributed by atoms with Crippen molar-refractivity contribution in [3.63, 3.8) is 0 Å². The summed E-state index contributed by atoms with van der Waals surface area (Å²) in [6.07, 6.45) is -1.17. The third-order valence-electron chi connectivity index (χ3n) is 4.36. The molecule has 1 fully saturated rings. The van der Waals surface area contributed by atoms with Crippen LogP contribution in [0.5, 0.6) is 5.75 Å². The van der Waals surface area contributed by atoms with Gasteiger partial charge in [0, 0.05) is 5.02 Å². The van der Waals surface area contributed by atoms with Gasteiger partial charge in [0.05, 0.1) is 6.54 Å². The average Bonchev–Trinajstić information content (AvgIpc) is 2.85. The van der Waals surface area contributed by atoms with Crippen LogP contribution in [0.3, 0.4) is 0 Å². The van der Waals surface area contributed by atoms with E-state index in [9.17, 15) is 19.1 Å². The molecule has 1 saturated heterocycles. The molecule has 0 aromatic heterocycles. The number of β-amino-alcohol motifs (C(OH)–C–C–N with tert-alkyl or cyclic N) is 1. The van der Waals surface area contributed by atoms with E-state index in [1.807, 2.05) is 0 Å². The van der Waals surface area contributed by atoms with E-state index in [1.165, 1.54) is 18.2 Å². The van der Waals surface area contributed by atoms with Crippen molar-refractivity contribution in [3.8, 4) is 5.75 Å². The van der Waals surface area contributed by atoms with Crippen LogP contribution in [-0.2, 0) is 10.3 Å². The molecule has 0 unspecified atom stereocenters. The van der Waals surface area contributed by atoms with Gasteiger partial charge in [0.25, 0.3) is 5.91 Å². The Morgan fingerprint density at radius 1 is 1.22 bits per heavy atom. The Morgan fingerprint density at radius 2 is 1.89 bits per heavy atom. The van der Waals surface area contributed by atoms with E-state index in [-0.39, 0.29) is 18.9 Å². The number of carbonyl (C=O) groups is 2. The number of imide groups is 1. The Kier molecular flexibility index (Phi) is 5.34. The lowest BCUT2D eigenvalue weighted by molar-refractivity contribution is -0.132. The lowest BCUT2D eigenvalue weighted by Gasteiger charge is -2.23. The molecule has 142 valence electrons. The molecular formula is C19H18ClFN2O4. The summed E-state index contributed by atoms with van der Waals surface area (Å²) in [5, 5.41) is 13.3. The van der Waals surface area contributed by atoms with Crippen LogP contribution in [0, 0.1) is 5.82 Å². The Balaban J connectivity index is 1.66. The van der Waals surface area contributed by atoms with E-state index in [4.69, 9.17) is 16.3 Å². The zero-order chi connectivity index (χ0) is 19.6. The quantitative estimate of drug-likeness (QED) is 0.741. The number of aliphatic hydroxyl groups excluding tert-OH is 1. The largest absolute Gasteiger partial charge is 0.488 e. The van der Waals surface area contributed by atoms with E-state index < -0.39 is 29.4 Å². The molecule has 1 aliphatic rings. The highest BCUT2D eigenvalue weighted by atomic mass is 35.5. The number of urea groups is 1. The van der Waals surface area contributed by atoms with Crippen LogP contribution in [0.25, 0.3) is 0 Å². The molecule has 8 heteroatoms. The highest BCUT2D eigenvalue weighted by Crippen LogP contribution is 2.29. The number of nitrogens with zero attached hydrogens (tertiary/aromatic N) is 1. The minimum Gasteiger partial charge on any atom is -0.488 e. The van der Waals surface area contributed by atoms with Crippen LogP contribution in [0.15, 0.2) is 48.5 Å². The van der Waals surface area contributed by atoms with E-state index in [2.05, 4.69) is 5.32 Å². The van der Waals surface area contributed by atoms with E-state index in [1.54, 1.807) is 37.3 Å². The third-order valence-corrected chi connectivity index (χ3v) is 4.61. The van der Waals surface area contributed by atoms with Crippen LogP contribution in [0.4, 0.5) is 9.18 Å². The molecule has 3 rings (SSSR count). The van der Waals surface area contributed by atoms with Gasteiger partial charge < -0.3 is 15.2 Å². The molecule has 0 spiro atoms. The van der Waals surface area contributed by atoms with Gasteiger partial charge in [0.15, 0.2) is 11.6 Å². The van der Waals surface area contributed by atoms with Gasteiger partial charge in [0.1, 0.15) is 18.2 Å². The van der Waals surface area contributed by atoms with Gasteiger partial charge in [-0.3, -0.25) is 9.69 Å². The normalized spacial score (nSPS) is 20.5. The lowest BCUT2D eigenvalue weighted by Crippen LogP contribution is -2.42. The zero-order valence-corrected chi connectivity index (χ0v) is 15.2. The van der Waals surface area contributed by atoms with Gasteiger partial charge >= 0.3 is 6.03 Å². The number of amides is 3. The maximum Gasteiger partial charge on any atom is 0.325 e. The molecule has 6 nitrogen and oxygen atoms in total. The number of rotatable bonds is 6. The van der Waals surface area contributed by atoms with Gasteiger partial charge in [-0.1, -0.05) is 35.9 Å². The molecule has 27 heavy (non-hydrogen) atoms. The molecule has 3 amide bonds. The number of ether oxygens (including phenoxy) is 1. The monoisotopic (exact) mass is 392 g/mol. The van der Waals surface area contributed by atoms with Gasteiger partial charge in [-0.05, 0) is 36.8 Å². The summed E-state index contributed by atoms with van der Waals surface area (Å²) in [6.45, 7) is 1.04. The van der Waals surface area contributed by atoms with Crippen LogP contribution in [0.2, 0.25) is 5.02 Å². The van der Waals surface area contributed by atoms with Crippen molar-refractivity contribution in [1.29, 1.82) is 0 Å². The molecule has 0 radical (unpaired) electrons. The Bertz CT molecular complexity index is 861. The first-order valence-electron chi connectivity index (χ1n) is 8.27. The average molecular weight is 393 g/mol. The van der Waals surface area contributed by atoms with Crippen LogP contribution >= 0.6 is 11.6 Å². The fourth-order valence-corrected chi connectivity index (χ4v) is 2.98. The number of hydrogen-bond acceptors (Lipinski definition) is 4. The minimum absolute atomic E-state index is 0.0141. The number of halogens is 2. The first-order chi connectivity index (χ1) is 12.8. The van der Waals surface area contributed by atoms with Gasteiger partial charge in [0.2, 0.25) is 0 Å². The van der Waals surface area contributed by atoms with E-state index >= 15 is 0 Å².